The van der Waals surface area contributed by atoms with Crippen LogP contribution in [0.2, 0.25) is 0 Å². The fraction of sp³-hybridized carbons (Fsp3) is 0.688. The number of carbonyl (C=O) groups is 5. The van der Waals surface area contributed by atoms with Gasteiger partial charge >= 0.3 is 5.97 Å². The van der Waals surface area contributed by atoms with Crippen LogP contribution >= 0.6 is 0 Å². The molecule has 166 valence electrons. The number of carboxylic acids is 1. The predicted molar refractivity (Wildman–Crippen MR) is 98.9 cm³/mol. The lowest BCUT2D eigenvalue weighted by Gasteiger charge is -2.24. The molecule has 0 radical (unpaired) electrons. The van der Waals surface area contributed by atoms with E-state index in [1.54, 1.807) is 0 Å². The van der Waals surface area contributed by atoms with Gasteiger partial charge in [0.05, 0.1) is 12.2 Å². The summed E-state index contributed by atoms with van der Waals surface area (Å²) in [6.45, 7) is 3.74. The van der Waals surface area contributed by atoms with Crippen molar-refractivity contribution in [3.8, 4) is 0 Å². The number of aliphatic carboxylic acids is 1. The smallest absolute Gasteiger partial charge is 0.328 e. The Morgan fingerprint density at radius 3 is 1.83 bits per heavy atom. The fourth-order valence-electron chi connectivity index (χ4n) is 2.09. The highest BCUT2D eigenvalue weighted by Crippen LogP contribution is 2.02. The maximum atomic E-state index is 12.4. The van der Waals surface area contributed by atoms with E-state index in [9.17, 15) is 34.2 Å². The number of primary amides is 1. The molecule has 0 aliphatic rings. The van der Waals surface area contributed by atoms with Crippen LogP contribution in [0.15, 0.2) is 0 Å². The van der Waals surface area contributed by atoms with Gasteiger partial charge in [0.2, 0.25) is 23.6 Å². The molecular weight excluding hydrogens is 390 g/mol. The van der Waals surface area contributed by atoms with Crippen molar-refractivity contribution in [1.82, 2.24) is 16.0 Å². The van der Waals surface area contributed by atoms with Crippen LogP contribution < -0.4 is 27.4 Å². The van der Waals surface area contributed by atoms with Gasteiger partial charge < -0.3 is 42.7 Å². The van der Waals surface area contributed by atoms with Crippen molar-refractivity contribution >= 4 is 29.6 Å². The molecule has 4 amide bonds. The number of nitrogens with one attached hydrogen (secondary N) is 3. The number of rotatable bonds is 12. The lowest BCUT2D eigenvalue weighted by Crippen LogP contribution is -2.58. The Morgan fingerprint density at radius 2 is 1.41 bits per heavy atom. The van der Waals surface area contributed by atoms with Crippen LogP contribution in [0.5, 0.6) is 0 Å². The minimum Gasteiger partial charge on any atom is -0.480 e. The summed E-state index contributed by atoms with van der Waals surface area (Å²) in [4.78, 5) is 58.6. The first-order valence-corrected chi connectivity index (χ1v) is 8.81. The molecule has 0 heterocycles. The lowest BCUT2D eigenvalue weighted by molar-refractivity contribution is -0.145. The molecule has 10 N–H and O–H groups in total. The Labute approximate surface area is 167 Å². The molecule has 6 atom stereocenters. The van der Waals surface area contributed by atoms with Crippen molar-refractivity contribution in [3.05, 3.63) is 0 Å². The third-order valence-electron chi connectivity index (χ3n) is 3.93. The third kappa shape index (κ3) is 9.32. The van der Waals surface area contributed by atoms with E-state index in [1.165, 1.54) is 13.8 Å². The largest absolute Gasteiger partial charge is 0.480 e. The molecule has 0 bridgehead atoms. The number of carbonyl (C=O) groups excluding carboxylic acids is 4. The average Bonchev–Trinajstić information content (AvgIpc) is 2.60. The van der Waals surface area contributed by atoms with Gasteiger partial charge in [0, 0.05) is 6.42 Å². The van der Waals surface area contributed by atoms with Gasteiger partial charge in [-0.2, -0.15) is 0 Å². The van der Waals surface area contributed by atoms with E-state index in [1.807, 2.05) is 0 Å². The van der Waals surface area contributed by atoms with Gasteiger partial charge in [-0.05, 0) is 27.2 Å². The second kappa shape index (κ2) is 11.9. The molecule has 0 fully saturated rings. The third-order valence-corrected chi connectivity index (χ3v) is 3.93. The summed E-state index contributed by atoms with van der Waals surface area (Å²) >= 11 is 0. The minimum atomic E-state index is -1.64. The summed E-state index contributed by atoms with van der Waals surface area (Å²) in [7, 11) is 0. The first-order chi connectivity index (χ1) is 13.3. The zero-order valence-corrected chi connectivity index (χ0v) is 16.4. The maximum absolute atomic E-state index is 12.4. The zero-order valence-electron chi connectivity index (χ0n) is 16.4. The van der Waals surface area contributed by atoms with E-state index in [-0.39, 0.29) is 12.8 Å². The van der Waals surface area contributed by atoms with Crippen molar-refractivity contribution in [3.63, 3.8) is 0 Å². The number of aliphatic hydroxyl groups is 2. The SMILES string of the molecule is CC(NC(=O)C(N)C(C)O)C(=O)NC(CCC(N)=O)C(=O)NC(C(=O)O)C(C)O. The zero-order chi connectivity index (χ0) is 22.9. The van der Waals surface area contributed by atoms with Crippen LogP contribution in [-0.4, -0.2) is 81.3 Å². The van der Waals surface area contributed by atoms with E-state index in [2.05, 4.69) is 16.0 Å². The molecule has 0 aliphatic heterocycles. The summed E-state index contributed by atoms with van der Waals surface area (Å²) in [6, 6.07) is -5.44. The molecule has 13 heteroatoms. The van der Waals surface area contributed by atoms with Crippen molar-refractivity contribution in [2.75, 3.05) is 0 Å². The summed E-state index contributed by atoms with van der Waals surface area (Å²) in [5, 5.41) is 34.4. The van der Waals surface area contributed by atoms with Crippen molar-refractivity contribution in [2.24, 2.45) is 11.5 Å². The Hall–Kier alpha value is -2.77. The van der Waals surface area contributed by atoms with E-state index in [0.29, 0.717) is 0 Å². The molecule has 0 rings (SSSR count). The van der Waals surface area contributed by atoms with Gasteiger partial charge in [0.15, 0.2) is 6.04 Å². The van der Waals surface area contributed by atoms with Gasteiger partial charge in [-0.25, -0.2) is 4.79 Å². The van der Waals surface area contributed by atoms with Gasteiger partial charge in [-0.1, -0.05) is 0 Å². The summed E-state index contributed by atoms with van der Waals surface area (Å²) in [6.07, 6.45) is -3.12. The Bertz CT molecular complexity index is 624. The topological polar surface area (TPSA) is 234 Å². The molecule has 0 spiro atoms. The highest BCUT2D eigenvalue weighted by Gasteiger charge is 2.31. The second-order valence-electron chi connectivity index (χ2n) is 6.63. The molecule has 0 aliphatic carbocycles. The number of hydrogen-bond acceptors (Lipinski definition) is 8. The molecule has 13 nitrogen and oxygen atoms in total. The summed E-state index contributed by atoms with van der Waals surface area (Å²) in [5.41, 5.74) is 10.5. The van der Waals surface area contributed by atoms with E-state index in [4.69, 9.17) is 16.6 Å². The quantitative estimate of drug-likeness (QED) is 0.153. The number of amides is 4. The number of hydrogen-bond donors (Lipinski definition) is 8. The number of aliphatic hydroxyl groups excluding tert-OH is 2. The number of nitrogens with two attached hydrogens (primary N) is 2. The summed E-state index contributed by atoms with van der Waals surface area (Å²) < 4.78 is 0. The Morgan fingerprint density at radius 1 is 0.862 bits per heavy atom. The van der Waals surface area contributed by atoms with E-state index >= 15 is 0 Å². The molecule has 0 saturated carbocycles. The van der Waals surface area contributed by atoms with Gasteiger partial charge in [0.1, 0.15) is 18.1 Å². The fourth-order valence-corrected chi connectivity index (χ4v) is 2.09. The summed E-state index contributed by atoms with van der Waals surface area (Å²) in [5.74, 6) is -4.86. The molecular formula is C16H29N5O8. The molecule has 0 aromatic rings. The number of carboxylic acid groups (broad SMARTS) is 1. The van der Waals surface area contributed by atoms with Crippen molar-refractivity contribution < 1.29 is 39.3 Å². The average molecular weight is 419 g/mol. The minimum absolute atomic E-state index is 0.243. The van der Waals surface area contributed by atoms with Crippen LogP contribution in [0.3, 0.4) is 0 Å². The van der Waals surface area contributed by atoms with Gasteiger partial charge in [0.25, 0.3) is 0 Å². The van der Waals surface area contributed by atoms with Crippen LogP contribution in [0, 0.1) is 0 Å². The van der Waals surface area contributed by atoms with E-state index < -0.39 is 66.0 Å². The second-order valence-corrected chi connectivity index (χ2v) is 6.63. The van der Waals surface area contributed by atoms with Crippen LogP contribution in [0.1, 0.15) is 33.6 Å². The monoisotopic (exact) mass is 419 g/mol. The van der Waals surface area contributed by atoms with Crippen LogP contribution in [0.25, 0.3) is 0 Å². The Balaban J connectivity index is 5.19. The molecule has 0 aromatic heterocycles. The van der Waals surface area contributed by atoms with Crippen LogP contribution in [0.4, 0.5) is 0 Å². The normalized spacial score (nSPS) is 17.0. The first kappa shape index (κ1) is 26.2. The maximum Gasteiger partial charge on any atom is 0.328 e. The van der Waals surface area contributed by atoms with Crippen molar-refractivity contribution in [2.45, 2.75) is 70.0 Å². The molecule has 0 saturated heterocycles. The highest BCUT2D eigenvalue weighted by molar-refractivity contribution is 5.94. The van der Waals surface area contributed by atoms with Crippen LogP contribution in [-0.2, 0) is 24.0 Å². The van der Waals surface area contributed by atoms with Gasteiger partial charge in [-0.15, -0.1) is 0 Å². The standard InChI is InChI=1S/C16H29N5O8/c1-6(19-15(27)11(18)7(2)22)13(25)20-9(4-5-10(17)24)14(26)21-12(8(3)23)16(28)29/h6-9,11-12,22-23H,4-5,18H2,1-3H3,(H2,17,24)(H,19,27)(H,20,25)(H,21,26)(H,28,29). The molecule has 6 unspecified atom stereocenters. The van der Waals surface area contributed by atoms with Crippen molar-refractivity contribution in [1.29, 1.82) is 0 Å². The molecule has 29 heavy (non-hydrogen) atoms. The predicted octanol–water partition coefficient (Wildman–Crippen LogP) is -4.10. The molecule has 0 aromatic carbocycles. The van der Waals surface area contributed by atoms with Gasteiger partial charge in [-0.3, -0.25) is 19.2 Å². The van der Waals surface area contributed by atoms with E-state index in [0.717, 1.165) is 6.92 Å². The highest BCUT2D eigenvalue weighted by atomic mass is 16.4. The first-order valence-electron chi connectivity index (χ1n) is 8.81. The lowest BCUT2D eigenvalue weighted by atomic mass is 10.1. The Kier molecular flexibility index (Phi) is 10.8.